The Morgan fingerprint density at radius 3 is 2.54 bits per heavy atom. The van der Waals surface area contributed by atoms with E-state index in [2.05, 4.69) is 35.9 Å². The summed E-state index contributed by atoms with van der Waals surface area (Å²) in [5, 5.41) is 9.32. The van der Waals surface area contributed by atoms with Crippen LogP contribution in [0.4, 0.5) is 5.13 Å². The molecule has 1 aromatic heterocycles. The SMILES string of the molecule is CCN(Cc1nnc(N)s1)C(C)C. The number of rotatable bonds is 4. The Hall–Kier alpha value is -0.680. The van der Waals surface area contributed by atoms with Crippen LogP contribution in [0, 0.1) is 0 Å². The van der Waals surface area contributed by atoms with Gasteiger partial charge in [0.05, 0.1) is 6.54 Å². The molecular weight excluding hydrogens is 184 g/mol. The molecule has 0 saturated heterocycles. The summed E-state index contributed by atoms with van der Waals surface area (Å²) < 4.78 is 0. The molecule has 0 saturated carbocycles. The summed E-state index contributed by atoms with van der Waals surface area (Å²) in [4.78, 5) is 2.32. The van der Waals surface area contributed by atoms with Crippen LogP contribution in [0.3, 0.4) is 0 Å². The van der Waals surface area contributed by atoms with Crippen molar-refractivity contribution < 1.29 is 0 Å². The minimum Gasteiger partial charge on any atom is -0.374 e. The molecule has 5 heteroatoms. The number of hydrogen-bond donors (Lipinski definition) is 1. The molecule has 0 aromatic carbocycles. The maximum Gasteiger partial charge on any atom is 0.203 e. The van der Waals surface area contributed by atoms with Crippen LogP contribution < -0.4 is 5.73 Å². The zero-order valence-electron chi connectivity index (χ0n) is 8.32. The molecule has 0 aliphatic rings. The molecule has 0 amide bonds. The van der Waals surface area contributed by atoms with Gasteiger partial charge in [-0.2, -0.15) is 0 Å². The molecule has 4 nitrogen and oxygen atoms in total. The van der Waals surface area contributed by atoms with Crippen molar-refractivity contribution in [1.29, 1.82) is 0 Å². The van der Waals surface area contributed by atoms with E-state index in [-0.39, 0.29) is 0 Å². The maximum atomic E-state index is 5.50. The van der Waals surface area contributed by atoms with Gasteiger partial charge in [0.1, 0.15) is 5.01 Å². The average molecular weight is 200 g/mol. The lowest BCUT2D eigenvalue weighted by molar-refractivity contribution is 0.224. The van der Waals surface area contributed by atoms with Gasteiger partial charge in [-0.05, 0) is 20.4 Å². The van der Waals surface area contributed by atoms with Gasteiger partial charge in [-0.1, -0.05) is 18.3 Å². The molecule has 0 fully saturated rings. The van der Waals surface area contributed by atoms with Gasteiger partial charge in [0.2, 0.25) is 5.13 Å². The van der Waals surface area contributed by atoms with Gasteiger partial charge < -0.3 is 5.73 Å². The molecule has 0 aliphatic carbocycles. The van der Waals surface area contributed by atoms with E-state index in [4.69, 9.17) is 5.73 Å². The quantitative estimate of drug-likeness (QED) is 0.797. The molecule has 0 bridgehead atoms. The summed E-state index contributed by atoms with van der Waals surface area (Å²) in [6, 6.07) is 0.537. The first-order valence-electron chi connectivity index (χ1n) is 4.45. The molecule has 0 radical (unpaired) electrons. The molecule has 74 valence electrons. The smallest absolute Gasteiger partial charge is 0.203 e. The number of anilines is 1. The molecule has 0 atom stereocenters. The fourth-order valence-corrected chi connectivity index (χ4v) is 1.80. The standard InChI is InChI=1S/C8H16N4S/c1-4-12(6(2)3)5-7-10-11-8(9)13-7/h6H,4-5H2,1-3H3,(H2,9,11). The molecule has 1 aromatic rings. The van der Waals surface area contributed by atoms with Gasteiger partial charge in [0, 0.05) is 6.04 Å². The van der Waals surface area contributed by atoms with E-state index in [0.717, 1.165) is 18.1 Å². The summed E-state index contributed by atoms with van der Waals surface area (Å²) >= 11 is 1.46. The van der Waals surface area contributed by atoms with Crippen molar-refractivity contribution in [2.24, 2.45) is 0 Å². The molecule has 0 aliphatic heterocycles. The predicted octanol–water partition coefficient (Wildman–Crippen LogP) is 1.35. The van der Waals surface area contributed by atoms with Gasteiger partial charge in [0.25, 0.3) is 0 Å². The predicted molar refractivity (Wildman–Crippen MR) is 55.5 cm³/mol. The molecule has 1 rings (SSSR count). The Morgan fingerprint density at radius 2 is 2.15 bits per heavy atom. The normalized spacial score (nSPS) is 11.5. The second-order valence-electron chi connectivity index (χ2n) is 3.19. The van der Waals surface area contributed by atoms with Gasteiger partial charge in [-0.25, -0.2) is 0 Å². The maximum absolute atomic E-state index is 5.50. The molecule has 13 heavy (non-hydrogen) atoms. The van der Waals surface area contributed by atoms with Crippen molar-refractivity contribution in [2.75, 3.05) is 12.3 Å². The average Bonchev–Trinajstić information content (AvgIpc) is 2.46. The third-order valence-electron chi connectivity index (χ3n) is 1.96. The summed E-state index contributed by atoms with van der Waals surface area (Å²) in [5.41, 5.74) is 5.50. The number of nitrogens with two attached hydrogens (primary N) is 1. The number of hydrogen-bond acceptors (Lipinski definition) is 5. The Morgan fingerprint density at radius 1 is 1.46 bits per heavy atom. The highest BCUT2D eigenvalue weighted by molar-refractivity contribution is 7.15. The van der Waals surface area contributed by atoms with Gasteiger partial charge in [-0.15, -0.1) is 10.2 Å². The third kappa shape index (κ3) is 2.93. The summed E-state index contributed by atoms with van der Waals surface area (Å²) in [6.45, 7) is 8.37. The molecule has 1 heterocycles. The van der Waals surface area contributed by atoms with Crippen LogP contribution in [-0.4, -0.2) is 27.7 Å². The summed E-state index contributed by atoms with van der Waals surface area (Å²) in [7, 11) is 0. The van der Waals surface area contributed by atoms with E-state index < -0.39 is 0 Å². The lowest BCUT2D eigenvalue weighted by Crippen LogP contribution is -2.29. The van der Waals surface area contributed by atoms with Crippen molar-refractivity contribution in [1.82, 2.24) is 15.1 Å². The van der Waals surface area contributed by atoms with Gasteiger partial charge in [0.15, 0.2) is 0 Å². The van der Waals surface area contributed by atoms with Crippen molar-refractivity contribution >= 4 is 16.5 Å². The first-order chi connectivity index (χ1) is 6.13. The van der Waals surface area contributed by atoms with Crippen LogP contribution in [0.2, 0.25) is 0 Å². The van der Waals surface area contributed by atoms with Crippen LogP contribution in [0.5, 0.6) is 0 Å². The largest absolute Gasteiger partial charge is 0.374 e. The highest BCUT2D eigenvalue weighted by Gasteiger charge is 2.10. The fraction of sp³-hybridized carbons (Fsp3) is 0.750. The molecular formula is C8H16N4S. The highest BCUT2D eigenvalue weighted by atomic mass is 32.1. The van der Waals surface area contributed by atoms with Crippen molar-refractivity contribution in [3.63, 3.8) is 0 Å². The fourth-order valence-electron chi connectivity index (χ4n) is 1.16. The molecule has 2 N–H and O–H groups in total. The molecule has 0 unspecified atom stereocenters. The van der Waals surface area contributed by atoms with Crippen LogP contribution in [0.1, 0.15) is 25.8 Å². The Kier molecular flexibility index (Phi) is 3.62. The van der Waals surface area contributed by atoms with Crippen molar-refractivity contribution in [3.05, 3.63) is 5.01 Å². The second-order valence-corrected chi connectivity index (χ2v) is 4.28. The van der Waals surface area contributed by atoms with E-state index in [9.17, 15) is 0 Å². The highest BCUT2D eigenvalue weighted by Crippen LogP contribution is 2.14. The summed E-state index contributed by atoms with van der Waals surface area (Å²) in [5.74, 6) is 0. The summed E-state index contributed by atoms with van der Waals surface area (Å²) in [6.07, 6.45) is 0. The lowest BCUT2D eigenvalue weighted by Gasteiger charge is -2.22. The van der Waals surface area contributed by atoms with E-state index in [1.807, 2.05) is 0 Å². The van der Waals surface area contributed by atoms with Gasteiger partial charge >= 0.3 is 0 Å². The Balaban J connectivity index is 2.56. The minimum absolute atomic E-state index is 0.537. The van der Waals surface area contributed by atoms with E-state index in [1.54, 1.807) is 0 Å². The van der Waals surface area contributed by atoms with E-state index in [1.165, 1.54) is 11.3 Å². The zero-order chi connectivity index (χ0) is 9.84. The minimum atomic E-state index is 0.537. The lowest BCUT2D eigenvalue weighted by atomic mass is 10.3. The van der Waals surface area contributed by atoms with Crippen molar-refractivity contribution in [2.45, 2.75) is 33.4 Å². The van der Waals surface area contributed by atoms with Crippen LogP contribution in [0.25, 0.3) is 0 Å². The van der Waals surface area contributed by atoms with Crippen LogP contribution >= 0.6 is 11.3 Å². The monoisotopic (exact) mass is 200 g/mol. The first-order valence-corrected chi connectivity index (χ1v) is 5.27. The van der Waals surface area contributed by atoms with Gasteiger partial charge in [-0.3, -0.25) is 4.90 Å². The topological polar surface area (TPSA) is 55.0 Å². The van der Waals surface area contributed by atoms with Crippen LogP contribution in [-0.2, 0) is 6.54 Å². The Labute approximate surface area is 82.8 Å². The number of nitrogens with zero attached hydrogens (tertiary/aromatic N) is 3. The van der Waals surface area contributed by atoms with E-state index in [0.29, 0.717) is 11.2 Å². The number of nitrogen functional groups attached to an aromatic ring is 1. The first kappa shape index (κ1) is 10.4. The zero-order valence-corrected chi connectivity index (χ0v) is 9.14. The second kappa shape index (κ2) is 4.53. The Bertz CT molecular complexity index is 258. The van der Waals surface area contributed by atoms with Crippen LogP contribution in [0.15, 0.2) is 0 Å². The third-order valence-corrected chi connectivity index (χ3v) is 2.69. The number of aromatic nitrogens is 2. The van der Waals surface area contributed by atoms with Crippen molar-refractivity contribution in [3.8, 4) is 0 Å². The van der Waals surface area contributed by atoms with E-state index >= 15 is 0 Å². The molecule has 0 spiro atoms.